The molecule has 0 saturated carbocycles. The van der Waals surface area contributed by atoms with Gasteiger partial charge >= 0.3 is 6.09 Å². The van der Waals surface area contributed by atoms with Gasteiger partial charge in [0.25, 0.3) is 0 Å². The molecule has 2 aliphatic rings. The topological polar surface area (TPSA) is 132 Å². The maximum absolute atomic E-state index is 14.3. The average Bonchev–Trinajstić information content (AvgIpc) is 3.75. The quantitative estimate of drug-likeness (QED) is 0.210. The molecule has 0 spiro atoms. The summed E-state index contributed by atoms with van der Waals surface area (Å²) in [4.78, 5) is 12.1. The number of rotatable bonds is 12. The molecule has 1 unspecified atom stereocenters. The third kappa shape index (κ3) is 7.21. The zero-order valence-electron chi connectivity index (χ0n) is 25.0. The number of hydrogen-bond acceptors (Lipinski definition) is 10. The maximum Gasteiger partial charge on any atom is 0.407 e. The van der Waals surface area contributed by atoms with E-state index in [9.17, 15) is 17.6 Å². The van der Waals surface area contributed by atoms with Crippen LogP contribution >= 0.6 is 11.3 Å². The minimum Gasteiger partial charge on any atom is -0.490 e. The highest BCUT2D eigenvalue weighted by atomic mass is 32.2. The molecule has 1 fully saturated rings. The van der Waals surface area contributed by atoms with Gasteiger partial charge in [-0.25, -0.2) is 17.6 Å². The van der Waals surface area contributed by atoms with E-state index < -0.39 is 28.0 Å². The third-order valence-corrected chi connectivity index (χ3v) is 10.3. The molecule has 0 aliphatic carbocycles. The monoisotopic (exact) mass is 667 g/mol. The molecule has 2 aliphatic heterocycles. The lowest BCUT2D eigenvalue weighted by Crippen LogP contribution is -2.34. The van der Waals surface area contributed by atoms with Gasteiger partial charge in [-0.2, -0.15) is 4.31 Å². The molecule has 1 amide bonds. The highest BCUT2D eigenvalue weighted by molar-refractivity contribution is 7.92. The lowest BCUT2D eigenvalue weighted by atomic mass is 9.96. The average molecular weight is 668 g/mol. The molecule has 0 radical (unpaired) electrons. The van der Waals surface area contributed by atoms with E-state index in [1.165, 1.54) is 27.6 Å². The Labute approximate surface area is 270 Å². The number of ether oxygens (including phenoxy) is 3. The van der Waals surface area contributed by atoms with Crippen LogP contribution in [0.4, 0.5) is 9.18 Å². The molecular formula is C32H34FN5O6S2. The second-order valence-electron chi connectivity index (χ2n) is 10.9. The second kappa shape index (κ2) is 14.2. The van der Waals surface area contributed by atoms with Crippen LogP contribution in [0.15, 0.2) is 59.8 Å². The zero-order chi connectivity index (χ0) is 32.1. The number of sulfonamides is 1. The third-order valence-electron chi connectivity index (χ3n) is 7.90. The number of amides is 1. The first kappa shape index (κ1) is 32.0. The minimum atomic E-state index is -3.53. The van der Waals surface area contributed by atoms with Gasteiger partial charge in [-0.3, -0.25) is 0 Å². The molecule has 2 aromatic carbocycles. The lowest BCUT2D eigenvalue weighted by Gasteiger charge is -2.18. The van der Waals surface area contributed by atoms with Gasteiger partial charge in [0, 0.05) is 47.6 Å². The van der Waals surface area contributed by atoms with Crippen molar-refractivity contribution in [3.05, 3.63) is 76.8 Å². The first-order valence-electron chi connectivity index (χ1n) is 15.0. The van der Waals surface area contributed by atoms with E-state index in [1.54, 1.807) is 17.4 Å². The van der Waals surface area contributed by atoms with Crippen LogP contribution in [0, 0.1) is 5.82 Å². The Morgan fingerprint density at radius 3 is 2.87 bits per heavy atom. The number of hydrogen-bond donors (Lipinski definition) is 2. The summed E-state index contributed by atoms with van der Waals surface area (Å²) in [6.07, 6.45) is 0.207. The van der Waals surface area contributed by atoms with Gasteiger partial charge in [-0.05, 0) is 60.2 Å². The van der Waals surface area contributed by atoms with Crippen molar-refractivity contribution in [2.24, 2.45) is 0 Å². The molecule has 11 nitrogen and oxygen atoms in total. The lowest BCUT2D eigenvalue weighted by molar-refractivity contribution is 0.0874. The molecule has 14 heteroatoms. The Balaban J connectivity index is 1.03. The van der Waals surface area contributed by atoms with Gasteiger partial charge in [-0.1, -0.05) is 18.7 Å². The van der Waals surface area contributed by atoms with E-state index in [4.69, 9.17) is 14.2 Å². The van der Waals surface area contributed by atoms with Crippen molar-refractivity contribution in [3.8, 4) is 28.3 Å². The fraction of sp³-hybridized carbons (Fsp3) is 0.344. The number of carbonyl (C=O) groups excluding carboxylic acids is 1. The number of thiophene rings is 1. The number of fused-ring (bicyclic) bond motifs is 2. The highest BCUT2D eigenvalue weighted by Gasteiger charge is 2.31. The van der Waals surface area contributed by atoms with Crippen LogP contribution < -0.4 is 15.4 Å². The Bertz CT molecular complexity index is 1850. The van der Waals surface area contributed by atoms with Gasteiger partial charge in [0.2, 0.25) is 10.0 Å². The molecular weight excluding hydrogens is 634 g/mol. The fourth-order valence-electron chi connectivity index (χ4n) is 5.56. The van der Waals surface area contributed by atoms with Crippen LogP contribution in [-0.2, 0) is 32.5 Å². The predicted octanol–water partition coefficient (Wildman–Crippen LogP) is 4.48. The van der Waals surface area contributed by atoms with Crippen molar-refractivity contribution < 1.29 is 31.8 Å². The van der Waals surface area contributed by atoms with Gasteiger partial charge in [0.1, 0.15) is 35.7 Å². The van der Waals surface area contributed by atoms with Crippen LogP contribution in [0.3, 0.4) is 0 Å². The van der Waals surface area contributed by atoms with Crippen LogP contribution in [0.2, 0.25) is 0 Å². The first-order valence-corrected chi connectivity index (χ1v) is 17.3. The normalized spacial score (nSPS) is 16.7. The summed E-state index contributed by atoms with van der Waals surface area (Å²) >= 11 is 1.55. The number of nitrogens with one attached hydrogen (secondary N) is 2. The number of benzene rings is 2. The van der Waals surface area contributed by atoms with Crippen molar-refractivity contribution in [2.75, 3.05) is 46.0 Å². The number of aromatic nitrogens is 2. The largest absolute Gasteiger partial charge is 0.490 e. The molecule has 46 heavy (non-hydrogen) atoms. The molecule has 2 aromatic heterocycles. The molecule has 1 atom stereocenters. The fourth-order valence-corrected chi connectivity index (χ4v) is 7.40. The molecule has 242 valence electrons. The molecule has 1 saturated heterocycles. The maximum atomic E-state index is 14.3. The van der Waals surface area contributed by atoms with Gasteiger partial charge in [-0.15, -0.1) is 21.5 Å². The number of halogens is 1. The molecule has 6 rings (SSSR count). The van der Waals surface area contributed by atoms with Gasteiger partial charge in [0.05, 0.1) is 24.5 Å². The molecule has 2 N–H and O–H groups in total. The first-order chi connectivity index (χ1) is 22.3. The van der Waals surface area contributed by atoms with Crippen molar-refractivity contribution in [1.82, 2.24) is 25.1 Å². The number of nitrogens with zero attached hydrogens (tertiary/aromatic N) is 3. The summed E-state index contributed by atoms with van der Waals surface area (Å²) in [5.74, 6) is -0.113. The van der Waals surface area contributed by atoms with Crippen molar-refractivity contribution in [1.29, 1.82) is 0 Å². The Hall–Kier alpha value is -3.95. The Morgan fingerprint density at radius 2 is 2.00 bits per heavy atom. The Kier molecular flexibility index (Phi) is 9.89. The summed E-state index contributed by atoms with van der Waals surface area (Å²) in [7, 11) is -3.53. The Morgan fingerprint density at radius 1 is 1.13 bits per heavy atom. The highest BCUT2D eigenvalue weighted by Crippen LogP contribution is 2.39. The molecule has 4 aromatic rings. The predicted molar refractivity (Wildman–Crippen MR) is 174 cm³/mol. The van der Waals surface area contributed by atoms with Gasteiger partial charge < -0.3 is 24.8 Å². The number of carbonyl (C=O) groups is 1. The van der Waals surface area contributed by atoms with Crippen LogP contribution in [0.1, 0.15) is 17.5 Å². The number of alkyl carbamates (subject to hydrolysis) is 1. The van der Waals surface area contributed by atoms with Crippen LogP contribution in [-0.4, -0.2) is 81.1 Å². The van der Waals surface area contributed by atoms with Crippen LogP contribution in [0.5, 0.6) is 5.75 Å². The van der Waals surface area contributed by atoms with E-state index in [1.807, 2.05) is 11.4 Å². The van der Waals surface area contributed by atoms with E-state index >= 15 is 0 Å². The van der Waals surface area contributed by atoms with E-state index in [0.29, 0.717) is 23.4 Å². The smallest absolute Gasteiger partial charge is 0.407 e. The standard InChI is InChI=1S/C32H34FN5O6S2/c1-2-46(40,41)38-12-8-25(20-38)44-32(39)35-11-13-42-14-15-43-28-18-24(33)5-6-26(28)30-31-27(9-16-45-31)29(36-37-30)22-3-4-23-19-34-10-7-21(23)17-22/h2-6,9,16-18,25,34H,1,7-8,10-15,19-20H2,(H,35,39). The summed E-state index contributed by atoms with van der Waals surface area (Å²) in [6, 6.07) is 12.8. The van der Waals surface area contributed by atoms with E-state index in [2.05, 4.69) is 45.6 Å². The van der Waals surface area contributed by atoms with Crippen LogP contribution in [0.25, 0.3) is 32.6 Å². The second-order valence-corrected chi connectivity index (χ2v) is 13.7. The summed E-state index contributed by atoms with van der Waals surface area (Å²) in [6.45, 7) is 6.20. The summed E-state index contributed by atoms with van der Waals surface area (Å²) in [5, 5.41) is 19.1. The summed E-state index contributed by atoms with van der Waals surface area (Å²) in [5.41, 5.74) is 5.68. The zero-order valence-corrected chi connectivity index (χ0v) is 26.7. The van der Waals surface area contributed by atoms with Gasteiger partial charge in [0.15, 0.2) is 0 Å². The molecule has 4 heterocycles. The van der Waals surface area contributed by atoms with Crippen molar-refractivity contribution >= 4 is 37.5 Å². The molecule has 0 bridgehead atoms. The van der Waals surface area contributed by atoms with Crippen molar-refractivity contribution in [3.63, 3.8) is 0 Å². The SMILES string of the molecule is C=CS(=O)(=O)N1CCC(OC(=O)NCCOCCOc2cc(F)ccc2-c2nnc(-c3ccc4c(c3)CCNC4)c3ccsc23)C1. The van der Waals surface area contributed by atoms with E-state index in [-0.39, 0.29) is 39.5 Å². The summed E-state index contributed by atoms with van der Waals surface area (Å²) < 4.78 is 57.0. The van der Waals surface area contributed by atoms with E-state index in [0.717, 1.165) is 46.3 Å². The minimum absolute atomic E-state index is 0.0954. The van der Waals surface area contributed by atoms with Crippen molar-refractivity contribution in [2.45, 2.75) is 25.5 Å².